The average molecular weight is 694 g/mol. The van der Waals surface area contributed by atoms with Crippen LogP contribution in [0.2, 0.25) is 28.2 Å². The molecule has 45 heavy (non-hydrogen) atoms. The Balaban J connectivity index is 1.31. The van der Waals surface area contributed by atoms with E-state index >= 15 is 0 Å². The summed E-state index contributed by atoms with van der Waals surface area (Å²) < 4.78 is 43.5. The molecule has 0 amide bonds. The normalized spacial score (nSPS) is 31.1. The fourth-order valence-corrected chi connectivity index (χ4v) is 11.2. The molecule has 3 aliphatic carbocycles. The number of likely N-dealkylation sites (N-methyl/N-ethyl adjacent to an activating group) is 1. The summed E-state index contributed by atoms with van der Waals surface area (Å²) in [4.78, 5) is 2.53. The number of hydrogen-bond donors (Lipinski definition) is 1. The Morgan fingerprint density at radius 1 is 1.11 bits per heavy atom. The van der Waals surface area contributed by atoms with Crippen LogP contribution in [0.5, 0.6) is 11.5 Å². The molecule has 3 fully saturated rings. The number of benzene rings is 2. The van der Waals surface area contributed by atoms with Crippen molar-refractivity contribution in [3.63, 3.8) is 0 Å². The third-order valence-corrected chi connectivity index (χ3v) is 19.1. The lowest BCUT2D eigenvalue weighted by molar-refractivity contribution is -0.195. The van der Waals surface area contributed by atoms with E-state index in [0.717, 1.165) is 43.0 Å². The summed E-state index contributed by atoms with van der Waals surface area (Å²) in [5.74, 6) is 1.96. The van der Waals surface area contributed by atoms with Crippen LogP contribution in [-0.4, -0.2) is 75.0 Å². The van der Waals surface area contributed by atoms with Gasteiger partial charge in [-0.1, -0.05) is 56.1 Å². The molecule has 2 bridgehead atoms. The van der Waals surface area contributed by atoms with Crippen LogP contribution in [0.25, 0.3) is 0 Å². The molecule has 2 aromatic rings. The van der Waals surface area contributed by atoms with Crippen LogP contribution < -0.4 is 9.16 Å². The van der Waals surface area contributed by atoms with Gasteiger partial charge in [0.2, 0.25) is 10.0 Å². The van der Waals surface area contributed by atoms with Crippen molar-refractivity contribution in [1.82, 2.24) is 9.21 Å². The molecule has 7 rings (SSSR count). The highest BCUT2D eigenvalue weighted by Gasteiger charge is 2.73. The minimum atomic E-state index is -3.77. The third-order valence-electron chi connectivity index (χ3n) is 12.1. The molecule has 2 aliphatic heterocycles. The fourth-order valence-electron chi connectivity index (χ4n) is 8.47. The molecule has 0 radical (unpaired) electrons. The molecule has 1 spiro atoms. The van der Waals surface area contributed by atoms with Gasteiger partial charge in [-0.2, -0.15) is 4.31 Å². The SMILES string of the molecule is CN([C@@H]1CC[C@@]2(O)[C@H]3Cc4ccc(O[Si](C)(C)C(C)(C)C)c5c4[C@@]2(CCN3CC2CC2)[C@H]1O5)S(=O)(=O)Cc1ccc(Cl)c(Cl)c1. The predicted molar refractivity (Wildman–Crippen MR) is 182 cm³/mol. The van der Waals surface area contributed by atoms with Crippen LogP contribution in [-0.2, 0) is 27.6 Å². The summed E-state index contributed by atoms with van der Waals surface area (Å²) in [5.41, 5.74) is 1.10. The van der Waals surface area contributed by atoms with E-state index < -0.39 is 41.5 Å². The second-order valence-corrected chi connectivity index (χ2v) is 23.3. The zero-order valence-corrected chi connectivity index (χ0v) is 30.5. The van der Waals surface area contributed by atoms with Crippen LogP contribution in [0.15, 0.2) is 30.3 Å². The molecule has 5 aliphatic rings. The first-order valence-corrected chi connectivity index (χ1v) is 21.6. The lowest BCUT2D eigenvalue weighted by Gasteiger charge is -2.64. The van der Waals surface area contributed by atoms with Gasteiger partial charge in [0.15, 0.2) is 5.75 Å². The maximum Gasteiger partial charge on any atom is 0.250 e. The summed E-state index contributed by atoms with van der Waals surface area (Å²) >= 11 is 12.4. The predicted octanol–water partition coefficient (Wildman–Crippen LogP) is 6.77. The van der Waals surface area contributed by atoms with Gasteiger partial charge in [0.25, 0.3) is 8.32 Å². The minimum Gasteiger partial charge on any atom is -0.541 e. The molecular formula is C34H46Cl2N2O5SSi. The number of halogens is 2. The Labute approximate surface area is 279 Å². The molecule has 2 aromatic carbocycles. The zero-order chi connectivity index (χ0) is 32.3. The average Bonchev–Trinajstić information content (AvgIpc) is 3.69. The van der Waals surface area contributed by atoms with Crippen molar-refractivity contribution < 1.29 is 22.7 Å². The second-order valence-electron chi connectivity index (χ2n) is 15.8. The van der Waals surface area contributed by atoms with Gasteiger partial charge in [0, 0.05) is 25.2 Å². The van der Waals surface area contributed by atoms with Gasteiger partial charge in [-0.15, -0.1) is 0 Å². The lowest BCUT2D eigenvalue weighted by atomic mass is 9.48. The van der Waals surface area contributed by atoms with Gasteiger partial charge in [-0.25, -0.2) is 8.42 Å². The summed E-state index contributed by atoms with van der Waals surface area (Å²) in [6.45, 7) is 13.0. The van der Waals surface area contributed by atoms with Crippen LogP contribution in [0.1, 0.15) is 69.6 Å². The Morgan fingerprint density at radius 2 is 1.84 bits per heavy atom. The maximum atomic E-state index is 14.0. The van der Waals surface area contributed by atoms with E-state index in [1.807, 2.05) is 0 Å². The number of piperidine rings is 1. The van der Waals surface area contributed by atoms with E-state index in [1.165, 1.54) is 22.7 Å². The summed E-state index contributed by atoms with van der Waals surface area (Å²) in [5, 5.41) is 13.7. The van der Waals surface area contributed by atoms with Crippen molar-refractivity contribution in [1.29, 1.82) is 0 Å². The highest BCUT2D eigenvalue weighted by Crippen LogP contribution is 2.66. The van der Waals surface area contributed by atoms with Crippen molar-refractivity contribution in [2.24, 2.45) is 5.92 Å². The fraction of sp³-hybridized carbons (Fsp3) is 0.647. The van der Waals surface area contributed by atoms with Crippen LogP contribution in [0.3, 0.4) is 0 Å². The van der Waals surface area contributed by atoms with Gasteiger partial charge in [0.1, 0.15) is 11.9 Å². The molecule has 2 saturated carbocycles. The van der Waals surface area contributed by atoms with Crippen LogP contribution in [0, 0.1) is 5.92 Å². The number of likely N-dealkylation sites (tertiary alicyclic amines) is 1. The van der Waals surface area contributed by atoms with Crippen LogP contribution in [0.4, 0.5) is 0 Å². The molecule has 0 unspecified atom stereocenters. The van der Waals surface area contributed by atoms with E-state index in [9.17, 15) is 13.5 Å². The topological polar surface area (TPSA) is 79.3 Å². The van der Waals surface area contributed by atoms with Gasteiger partial charge < -0.3 is 14.3 Å². The van der Waals surface area contributed by atoms with E-state index in [-0.39, 0.29) is 16.8 Å². The molecule has 5 atom stereocenters. The van der Waals surface area contributed by atoms with Crippen molar-refractivity contribution >= 4 is 41.5 Å². The molecule has 246 valence electrons. The quantitative estimate of drug-likeness (QED) is 0.308. The number of hydrogen-bond acceptors (Lipinski definition) is 6. The molecule has 1 N–H and O–H groups in total. The molecular weight excluding hydrogens is 647 g/mol. The summed E-state index contributed by atoms with van der Waals surface area (Å²) in [6.07, 6.45) is 4.50. The Kier molecular flexibility index (Phi) is 7.58. The molecule has 0 aromatic heterocycles. The largest absolute Gasteiger partial charge is 0.541 e. The van der Waals surface area contributed by atoms with E-state index in [2.05, 4.69) is 50.9 Å². The first-order chi connectivity index (χ1) is 21.0. The number of sulfonamides is 1. The first-order valence-electron chi connectivity index (χ1n) is 16.4. The van der Waals surface area contributed by atoms with Gasteiger partial charge >= 0.3 is 0 Å². The van der Waals surface area contributed by atoms with E-state index in [4.69, 9.17) is 32.4 Å². The lowest BCUT2D eigenvalue weighted by Crippen LogP contribution is -2.78. The Bertz CT molecular complexity index is 1640. The van der Waals surface area contributed by atoms with Gasteiger partial charge in [0.05, 0.1) is 32.9 Å². The molecule has 2 heterocycles. The number of nitrogens with zero attached hydrogens (tertiary/aromatic N) is 2. The molecule has 1 saturated heterocycles. The Morgan fingerprint density at radius 3 is 2.51 bits per heavy atom. The summed E-state index contributed by atoms with van der Waals surface area (Å²) in [6, 6.07) is 8.74. The number of rotatable bonds is 8. The zero-order valence-electron chi connectivity index (χ0n) is 27.2. The molecule has 11 heteroatoms. The van der Waals surface area contributed by atoms with Crippen molar-refractivity contribution in [3.05, 3.63) is 57.1 Å². The van der Waals surface area contributed by atoms with Crippen molar-refractivity contribution in [3.8, 4) is 11.5 Å². The second kappa shape index (κ2) is 10.6. The third kappa shape index (κ3) is 4.93. The standard InChI is InChI=1S/C34H46Cl2N2O5SSi/c1-32(2,3)45(5,6)43-27-12-10-23-18-28-34(39)14-13-26(37(4)44(40,41)20-22-9-11-24(35)25(36)17-22)31-33(34,29(23)30(27)42-31)15-16-38(28)19-21-7-8-21/h9-12,17,21,26,28,31,39H,7-8,13-16,18-20H2,1-6H3/t26-,28-,31+,33+,34-/m1/s1. The molecule has 7 nitrogen and oxygen atoms in total. The van der Waals surface area contributed by atoms with Crippen LogP contribution >= 0.6 is 23.2 Å². The number of ether oxygens (including phenoxy) is 1. The van der Waals surface area contributed by atoms with Gasteiger partial charge in [-0.05, 0) is 98.4 Å². The van der Waals surface area contributed by atoms with Crippen molar-refractivity contribution in [2.45, 2.75) is 112 Å². The number of aliphatic hydroxyl groups is 1. The monoisotopic (exact) mass is 692 g/mol. The highest BCUT2D eigenvalue weighted by molar-refractivity contribution is 7.88. The first kappa shape index (κ1) is 32.2. The van der Waals surface area contributed by atoms with Gasteiger partial charge in [-0.3, -0.25) is 4.90 Å². The van der Waals surface area contributed by atoms with E-state index in [1.54, 1.807) is 25.2 Å². The maximum absolute atomic E-state index is 14.0. The Hall–Kier alpha value is -1.33. The minimum absolute atomic E-state index is 0.0132. The van der Waals surface area contributed by atoms with E-state index in [0.29, 0.717) is 34.4 Å². The summed E-state index contributed by atoms with van der Waals surface area (Å²) in [7, 11) is -4.33. The highest BCUT2D eigenvalue weighted by atomic mass is 35.5. The van der Waals surface area contributed by atoms with Crippen molar-refractivity contribution in [2.75, 3.05) is 20.1 Å². The smallest absolute Gasteiger partial charge is 0.250 e.